The number of aromatic nitrogens is 1. The van der Waals surface area contributed by atoms with Gasteiger partial charge < -0.3 is 14.6 Å². The van der Waals surface area contributed by atoms with Crippen molar-refractivity contribution >= 4 is 15.9 Å². The minimum Gasteiger partial charge on any atom is -0.432 e. The van der Waals surface area contributed by atoms with E-state index in [1.165, 1.54) is 0 Å². The van der Waals surface area contributed by atoms with Gasteiger partial charge in [-0.2, -0.15) is 4.98 Å². The number of sulfone groups is 1. The second-order valence-electron chi connectivity index (χ2n) is 4.56. The molecule has 6 nitrogen and oxygen atoms in total. The second kappa shape index (κ2) is 5.27. The molecule has 0 spiro atoms. The van der Waals surface area contributed by atoms with Crippen molar-refractivity contribution in [3.05, 3.63) is 12.0 Å². The lowest BCUT2D eigenvalue weighted by atomic mass is 10.3. The van der Waals surface area contributed by atoms with Gasteiger partial charge in [-0.25, -0.2) is 8.42 Å². The molecule has 0 amide bonds. The van der Waals surface area contributed by atoms with Gasteiger partial charge in [0.2, 0.25) is 0 Å². The predicted octanol–water partition coefficient (Wildman–Crippen LogP) is 0.407. The van der Waals surface area contributed by atoms with Gasteiger partial charge in [0.25, 0.3) is 6.01 Å². The number of oxazole rings is 1. The average Bonchev–Trinajstić information content (AvgIpc) is 2.73. The van der Waals surface area contributed by atoms with E-state index in [9.17, 15) is 8.42 Å². The Labute approximate surface area is 107 Å². The summed E-state index contributed by atoms with van der Waals surface area (Å²) in [6, 6.07) is 0.430. The first-order valence-corrected chi connectivity index (χ1v) is 7.96. The summed E-state index contributed by atoms with van der Waals surface area (Å²) in [4.78, 5) is 6.28. The van der Waals surface area contributed by atoms with Crippen molar-refractivity contribution < 1.29 is 12.8 Å². The van der Waals surface area contributed by atoms with E-state index in [1.807, 2.05) is 18.7 Å². The molecule has 0 aromatic carbocycles. The summed E-state index contributed by atoms with van der Waals surface area (Å²) in [7, 11) is -2.90. The zero-order chi connectivity index (χ0) is 13.2. The van der Waals surface area contributed by atoms with Gasteiger partial charge in [0.15, 0.2) is 9.84 Å². The molecule has 7 heteroatoms. The summed E-state index contributed by atoms with van der Waals surface area (Å²) >= 11 is 0. The van der Waals surface area contributed by atoms with Gasteiger partial charge in [0.05, 0.1) is 17.2 Å². The first kappa shape index (κ1) is 13.4. The Morgan fingerprint density at radius 3 is 3.06 bits per heavy atom. The van der Waals surface area contributed by atoms with Crippen LogP contribution < -0.4 is 10.2 Å². The highest BCUT2D eigenvalue weighted by Gasteiger charge is 2.30. The maximum absolute atomic E-state index is 11.5. The van der Waals surface area contributed by atoms with E-state index < -0.39 is 9.84 Å². The van der Waals surface area contributed by atoms with Crippen molar-refractivity contribution in [3.63, 3.8) is 0 Å². The summed E-state index contributed by atoms with van der Waals surface area (Å²) in [5, 5.41) is 3.17. The fourth-order valence-electron chi connectivity index (χ4n) is 2.05. The molecule has 0 bridgehead atoms. The van der Waals surface area contributed by atoms with Gasteiger partial charge in [0, 0.05) is 19.1 Å². The highest BCUT2D eigenvalue weighted by molar-refractivity contribution is 7.91. The minimum atomic E-state index is -2.90. The number of nitrogens with zero attached hydrogens (tertiary/aromatic N) is 2. The first-order valence-electron chi connectivity index (χ1n) is 6.14. The average molecular weight is 273 g/mol. The Bertz CT molecular complexity index is 497. The van der Waals surface area contributed by atoms with Gasteiger partial charge >= 0.3 is 0 Å². The SMILES string of the molecule is CCNCc1coc(N2CCS(=O)(=O)CC2C)n1. The Balaban J connectivity index is 2.05. The number of nitrogens with one attached hydrogen (secondary N) is 1. The molecule has 0 aliphatic carbocycles. The van der Waals surface area contributed by atoms with E-state index in [1.54, 1.807) is 6.26 Å². The Kier molecular flexibility index (Phi) is 3.91. The fraction of sp³-hybridized carbons (Fsp3) is 0.727. The van der Waals surface area contributed by atoms with Gasteiger partial charge in [-0.1, -0.05) is 6.92 Å². The molecule has 1 aromatic rings. The minimum absolute atomic E-state index is 0.0885. The molecule has 1 aromatic heterocycles. The molecule has 2 heterocycles. The van der Waals surface area contributed by atoms with E-state index in [0.29, 0.717) is 19.1 Å². The van der Waals surface area contributed by atoms with E-state index in [4.69, 9.17) is 4.42 Å². The van der Waals surface area contributed by atoms with Crippen LogP contribution in [0.3, 0.4) is 0 Å². The van der Waals surface area contributed by atoms with E-state index in [0.717, 1.165) is 12.2 Å². The molecular weight excluding hydrogens is 254 g/mol. The first-order chi connectivity index (χ1) is 8.52. The lowest BCUT2D eigenvalue weighted by molar-refractivity contribution is 0.503. The molecule has 1 atom stereocenters. The molecule has 0 saturated carbocycles. The third-order valence-electron chi connectivity index (χ3n) is 3.01. The lowest BCUT2D eigenvalue weighted by Gasteiger charge is -2.31. The third-order valence-corrected chi connectivity index (χ3v) is 4.81. The summed E-state index contributed by atoms with van der Waals surface area (Å²) in [6.07, 6.45) is 1.62. The topological polar surface area (TPSA) is 75.4 Å². The van der Waals surface area contributed by atoms with Crippen LogP contribution in [0.2, 0.25) is 0 Å². The molecule has 2 rings (SSSR count). The van der Waals surface area contributed by atoms with Crippen LogP contribution in [0.15, 0.2) is 10.7 Å². The summed E-state index contributed by atoms with van der Waals surface area (Å²) in [5.41, 5.74) is 0.840. The van der Waals surface area contributed by atoms with Crippen molar-refractivity contribution in [2.45, 2.75) is 26.4 Å². The van der Waals surface area contributed by atoms with Gasteiger partial charge in [-0.15, -0.1) is 0 Å². The summed E-state index contributed by atoms with van der Waals surface area (Å²) < 4.78 is 28.4. The van der Waals surface area contributed by atoms with Crippen LogP contribution in [0, 0.1) is 0 Å². The molecule has 1 fully saturated rings. The van der Waals surface area contributed by atoms with Crippen molar-refractivity contribution in [2.24, 2.45) is 0 Å². The molecule has 1 unspecified atom stereocenters. The molecule has 102 valence electrons. The molecule has 1 N–H and O–H groups in total. The van der Waals surface area contributed by atoms with Gasteiger partial charge in [-0.3, -0.25) is 0 Å². The van der Waals surface area contributed by atoms with Crippen molar-refractivity contribution in [1.82, 2.24) is 10.3 Å². The number of hydrogen-bond acceptors (Lipinski definition) is 6. The standard InChI is InChI=1S/C11H19N3O3S/c1-3-12-6-10-7-17-11(13-10)14-4-5-18(15,16)8-9(14)2/h7,9,12H,3-6,8H2,1-2H3. The molecule has 1 saturated heterocycles. The quantitative estimate of drug-likeness (QED) is 0.856. The Hall–Kier alpha value is -1.08. The van der Waals surface area contributed by atoms with Crippen molar-refractivity contribution in [3.8, 4) is 0 Å². The van der Waals surface area contributed by atoms with Crippen molar-refractivity contribution in [1.29, 1.82) is 0 Å². The summed E-state index contributed by atoms with van der Waals surface area (Å²) in [5.74, 6) is 0.334. The predicted molar refractivity (Wildman–Crippen MR) is 69.3 cm³/mol. The number of hydrogen-bond donors (Lipinski definition) is 1. The van der Waals surface area contributed by atoms with E-state index >= 15 is 0 Å². The van der Waals surface area contributed by atoms with Crippen LogP contribution >= 0.6 is 0 Å². The third kappa shape index (κ3) is 3.02. The zero-order valence-corrected chi connectivity index (χ0v) is 11.5. The van der Waals surface area contributed by atoms with Crippen LogP contribution in [0.4, 0.5) is 6.01 Å². The molecule has 1 aliphatic rings. The maximum atomic E-state index is 11.5. The Morgan fingerprint density at radius 2 is 2.39 bits per heavy atom. The van der Waals surface area contributed by atoms with E-state index in [-0.39, 0.29) is 17.5 Å². The normalized spacial score (nSPS) is 23.2. The molecule has 18 heavy (non-hydrogen) atoms. The maximum Gasteiger partial charge on any atom is 0.297 e. The largest absolute Gasteiger partial charge is 0.432 e. The van der Waals surface area contributed by atoms with Crippen LogP contribution in [0.5, 0.6) is 0 Å². The lowest BCUT2D eigenvalue weighted by Crippen LogP contribution is -2.47. The monoisotopic (exact) mass is 273 g/mol. The molecular formula is C11H19N3O3S. The second-order valence-corrected chi connectivity index (χ2v) is 6.79. The van der Waals surface area contributed by atoms with Gasteiger partial charge in [-0.05, 0) is 13.5 Å². The van der Waals surface area contributed by atoms with Gasteiger partial charge in [0.1, 0.15) is 6.26 Å². The highest BCUT2D eigenvalue weighted by Crippen LogP contribution is 2.20. The molecule has 0 radical (unpaired) electrons. The fourth-order valence-corrected chi connectivity index (χ4v) is 3.60. The van der Waals surface area contributed by atoms with Crippen molar-refractivity contribution in [2.75, 3.05) is 29.5 Å². The Morgan fingerprint density at radius 1 is 1.61 bits per heavy atom. The van der Waals surface area contributed by atoms with Crippen LogP contribution in [-0.2, 0) is 16.4 Å². The highest BCUT2D eigenvalue weighted by atomic mass is 32.2. The van der Waals surface area contributed by atoms with Crippen LogP contribution in [0.1, 0.15) is 19.5 Å². The summed E-state index contributed by atoms with van der Waals surface area (Å²) in [6.45, 7) is 5.90. The van der Waals surface area contributed by atoms with Crippen LogP contribution in [-0.4, -0.2) is 44.0 Å². The number of anilines is 1. The zero-order valence-electron chi connectivity index (χ0n) is 10.7. The van der Waals surface area contributed by atoms with E-state index in [2.05, 4.69) is 10.3 Å². The number of rotatable bonds is 4. The smallest absolute Gasteiger partial charge is 0.297 e. The molecule has 1 aliphatic heterocycles. The van der Waals surface area contributed by atoms with Crippen LogP contribution in [0.25, 0.3) is 0 Å².